The van der Waals surface area contributed by atoms with Crippen LogP contribution < -0.4 is 10.2 Å². The van der Waals surface area contributed by atoms with Crippen LogP contribution in [0.15, 0.2) is 83.4 Å². The van der Waals surface area contributed by atoms with Crippen molar-refractivity contribution in [1.29, 1.82) is 0 Å². The predicted molar refractivity (Wildman–Crippen MR) is 148 cm³/mol. The molecule has 6 rings (SSSR count). The molecule has 4 heterocycles. The molecule has 0 radical (unpaired) electrons. The van der Waals surface area contributed by atoms with Crippen molar-refractivity contribution in [3.63, 3.8) is 0 Å². The van der Waals surface area contributed by atoms with Gasteiger partial charge in [-0.25, -0.2) is 19.9 Å². The molecule has 2 aromatic carbocycles. The van der Waals surface area contributed by atoms with E-state index in [0.29, 0.717) is 10.3 Å². The molecule has 0 bridgehead atoms. The fourth-order valence-electron chi connectivity index (χ4n) is 3.82. The van der Waals surface area contributed by atoms with Gasteiger partial charge >= 0.3 is 0 Å². The van der Waals surface area contributed by atoms with Crippen LogP contribution >= 0.6 is 35.1 Å². The first-order chi connectivity index (χ1) is 17.2. The maximum absolute atomic E-state index is 5.56. The Morgan fingerprint density at radius 3 is 2.20 bits per heavy atom. The molecule has 0 atom stereocenters. The third kappa shape index (κ3) is 6.87. The number of fused-ring (bicyclic) bond motifs is 2. The van der Waals surface area contributed by atoms with Crippen LogP contribution in [0, 0.1) is 0 Å². The van der Waals surface area contributed by atoms with Crippen molar-refractivity contribution in [1.82, 2.24) is 19.9 Å². The van der Waals surface area contributed by atoms with Crippen molar-refractivity contribution in [2.24, 2.45) is 0 Å². The van der Waals surface area contributed by atoms with Crippen molar-refractivity contribution in [3.05, 3.63) is 89.3 Å². The number of halogens is 1. The minimum Gasteiger partial charge on any atom is -0.384 e. The fraction of sp³-hybridized carbons (Fsp3) is 0.231. The van der Waals surface area contributed by atoms with E-state index in [0.717, 1.165) is 30.5 Å². The SMILES string of the molecule is CSc1nccc(Cl)n1.CSc1nccc(N2CCc3ccccc32)n1.c1ccc2c(c1)CCN2. The zero-order valence-corrected chi connectivity index (χ0v) is 22.1. The van der Waals surface area contributed by atoms with Gasteiger partial charge in [0.1, 0.15) is 11.0 Å². The van der Waals surface area contributed by atoms with E-state index >= 15 is 0 Å². The van der Waals surface area contributed by atoms with Crippen molar-refractivity contribution in [3.8, 4) is 0 Å². The summed E-state index contributed by atoms with van der Waals surface area (Å²) in [5.41, 5.74) is 5.45. The second-order valence-corrected chi connectivity index (χ2v) is 9.57. The summed E-state index contributed by atoms with van der Waals surface area (Å²) in [6, 6.07) is 20.6. The number of aromatic nitrogens is 4. The molecule has 0 unspecified atom stereocenters. The largest absolute Gasteiger partial charge is 0.384 e. The van der Waals surface area contributed by atoms with Crippen LogP contribution in [-0.4, -0.2) is 45.5 Å². The van der Waals surface area contributed by atoms with E-state index in [1.807, 2.05) is 24.8 Å². The van der Waals surface area contributed by atoms with Crippen molar-refractivity contribution >= 4 is 52.3 Å². The standard InChI is InChI=1S/C13H13N3S.C8H9N.C5H5ClN2S/c1-17-13-14-8-6-12(15-13)16-9-7-10-4-2-3-5-11(10)16;1-2-4-8-7(3-1)5-6-9-8;1-9-5-7-3-2-4(6)8-5/h2-6,8H,7,9H2,1H3;1-4,9H,5-6H2;2-3H,1H3. The van der Waals surface area contributed by atoms with Gasteiger partial charge in [-0.1, -0.05) is 71.5 Å². The Morgan fingerprint density at radius 1 is 0.800 bits per heavy atom. The number of nitrogens with one attached hydrogen (secondary N) is 1. The van der Waals surface area contributed by atoms with E-state index < -0.39 is 0 Å². The number of thioether (sulfide) groups is 2. The van der Waals surface area contributed by atoms with E-state index in [1.54, 1.807) is 24.0 Å². The van der Waals surface area contributed by atoms with Crippen LogP contribution in [0.5, 0.6) is 0 Å². The Labute approximate surface area is 220 Å². The van der Waals surface area contributed by atoms with E-state index in [9.17, 15) is 0 Å². The van der Waals surface area contributed by atoms with Gasteiger partial charge in [-0.05, 0) is 60.7 Å². The molecule has 0 spiro atoms. The van der Waals surface area contributed by atoms with Crippen molar-refractivity contribution < 1.29 is 0 Å². The van der Waals surface area contributed by atoms with Gasteiger partial charge < -0.3 is 10.2 Å². The molecule has 35 heavy (non-hydrogen) atoms. The van der Waals surface area contributed by atoms with Crippen LogP contribution in [-0.2, 0) is 12.8 Å². The first-order valence-electron chi connectivity index (χ1n) is 11.2. The zero-order valence-electron chi connectivity index (χ0n) is 19.7. The van der Waals surface area contributed by atoms with E-state index in [2.05, 4.69) is 78.7 Å². The van der Waals surface area contributed by atoms with Gasteiger partial charge in [0.25, 0.3) is 0 Å². The molecule has 0 amide bonds. The lowest BCUT2D eigenvalue weighted by Crippen LogP contribution is -2.15. The maximum Gasteiger partial charge on any atom is 0.189 e. The fourth-order valence-corrected chi connectivity index (χ4v) is 4.71. The molecule has 0 saturated carbocycles. The number of hydrogen-bond acceptors (Lipinski definition) is 8. The number of hydrogen-bond donors (Lipinski definition) is 1. The number of benzene rings is 2. The van der Waals surface area contributed by atoms with Crippen LogP contribution in [0.2, 0.25) is 5.15 Å². The number of rotatable bonds is 3. The Kier molecular flexibility index (Phi) is 9.22. The molecule has 0 aliphatic carbocycles. The van der Waals surface area contributed by atoms with Crippen LogP contribution in [0.25, 0.3) is 0 Å². The highest BCUT2D eigenvalue weighted by atomic mass is 35.5. The molecule has 2 aromatic heterocycles. The van der Waals surface area contributed by atoms with Crippen LogP contribution in [0.1, 0.15) is 11.1 Å². The van der Waals surface area contributed by atoms with E-state index in [-0.39, 0.29) is 0 Å². The summed E-state index contributed by atoms with van der Waals surface area (Å²) in [6.07, 6.45) is 9.66. The second-order valence-electron chi connectivity index (χ2n) is 7.63. The molecule has 9 heteroatoms. The van der Waals surface area contributed by atoms with Crippen LogP contribution in [0.3, 0.4) is 0 Å². The lowest BCUT2D eigenvalue weighted by atomic mass is 10.2. The molecule has 2 aliphatic heterocycles. The summed E-state index contributed by atoms with van der Waals surface area (Å²) in [6.45, 7) is 2.11. The van der Waals surface area contributed by atoms with Gasteiger partial charge in [-0.2, -0.15) is 0 Å². The average Bonchev–Trinajstić information content (AvgIpc) is 3.57. The van der Waals surface area contributed by atoms with Crippen molar-refractivity contribution in [2.45, 2.75) is 23.2 Å². The lowest BCUT2D eigenvalue weighted by Gasteiger charge is -2.18. The number of para-hydroxylation sites is 2. The Morgan fingerprint density at radius 2 is 1.49 bits per heavy atom. The third-order valence-electron chi connectivity index (χ3n) is 5.47. The normalized spacial score (nSPS) is 12.9. The summed E-state index contributed by atoms with van der Waals surface area (Å²) >= 11 is 8.61. The molecule has 6 nitrogen and oxygen atoms in total. The molecular formula is C26H27ClN6S2. The molecule has 0 saturated heterocycles. The first kappa shape index (κ1) is 25.3. The average molecular weight is 523 g/mol. The molecule has 2 aliphatic rings. The quantitative estimate of drug-likeness (QED) is 0.188. The maximum atomic E-state index is 5.56. The lowest BCUT2D eigenvalue weighted by molar-refractivity contribution is 0.908. The van der Waals surface area contributed by atoms with Gasteiger partial charge in [-0.3, -0.25) is 0 Å². The third-order valence-corrected chi connectivity index (χ3v) is 6.81. The van der Waals surface area contributed by atoms with Crippen molar-refractivity contribution in [2.75, 3.05) is 35.8 Å². The molecule has 0 fully saturated rings. The Bertz CT molecular complexity index is 1230. The zero-order chi connectivity index (χ0) is 24.5. The van der Waals surface area contributed by atoms with Gasteiger partial charge in [0, 0.05) is 36.9 Å². The van der Waals surface area contributed by atoms with Gasteiger partial charge in [0.15, 0.2) is 10.3 Å². The van der Waals surface area contributed by atoms with E-state index in [1.165, 1.54) is 40.7 Å². The predicted octanol–water partition coefficient (Wildman–Crippen LogP) is 6.40. The molecule has 180 valence electrons. The monoisotopic (exact) mass is 522 g/mol. The molecule has 4 aromatic rings. The number of anilines is 3. The summed E-state index contributed by atoms with van der Waals surface area (Å²) < 4.78 is 0. The summed E-state index contributed by atoms with van der Waals surface area (Å²) in [7, 11) is 0. The van der Waals surface area contributed by atoms with Gasteiger partial charge in [-0.15, -0.1) is 0 Å². The minimum absolute atomic E-state index is 0.495. The molecular weight excluding hydrogens is 496 g/mol. The van der Waals surface area contributed by atoms with E-state index in [4.69, 9.17) is 11.6 Å². The Hall–Kier alpha value is -2.81. The summed E-state index contributed by atoms with van der Waals surface area (Å²) in [5.74, 6) is 0.995. The number of nitrogens with zero attached hydrogens (tertiary/aromatic N) is 5. The van der Waals surface area contributed by atoms with Crippen LogP contribution in [0.4, 0.5) is 17.2 Å². The summed E-state index contributed by atoms with van der Waals surface area (Å²) in [5, 5.41) is 5.33. The second kappa shape index (κ2) is 12.8. The minimum atomic E-state index is 0.495. The van der Waals surface area contributed by atoms with Gasteiger partial charge in [0.05, 0.1) is 0 Å². The highest BCUT2D eigenvalue weighted by Crippen LogP contribution is 2.33. The smallest absolute Gasteiger partial charge is 0.189 e. The van der Waals surface area contributed by atoms with Gasteiger partial charge in [0.2, 0.25) is 0 Å². The Balaban J connectivity index is 0.000000136. The first-order valence-corrected chi connectivity index (χ1v) is 14.1. The highest BCUT2D eigenvalue weighted by Gasteiger charge is 2.20. The highest BCUT2D eigenvalue weighted by molar-refractivity contribution is 7.98. The molecule has 1 N–H and O–H groups in total. The summed E-state index contributed by atoms with van der Waals surface area (Å²) in [4.78, 5) is 18.9. The topological polar surface area (TPSA) is 66.8 Å².